The zero-order valence-electron chi connectivity index (χ0n) is 12.1. The molecule has 1 fully saturated rings. The van der Waals surface area contributed by atoms with Gasteiger partial charge in [0.15, 0.2) is 0 Å². The number of hydrogen-bond donors (Lipinski definition) is 2. The minimum Gasteiger partial charge on any atom is -0.506 e. The minimum atomic E-state index is 0. The first-order chi connectivity index (χ1) is 9.08. The SMILES string of the molecule is C=C(C)C[C@@H](c1ccc(O)c(Cl)c1)N1CCNCC1.Cl.Cl. The Hall–Kier alpha value is -0.450. The second-order valence-electron chi connectivity index (χ2n) is 5.17. The summed E-state index contributed by atoms with van der Waals surface area (Å²) in [5.41, 5.74) is 2.31. The summed E-state index contributed by atoms with van der Waals surface area (Å²) in [6, 6.07) is 5.78. The van der Waals surface area contributed by atoms with Crippen molar-refractivity contribution in [1.29, 1.82) is 0 Å². The van der Waals surface area contributed by atoms with Gasteiger partial charge in [0.1, 0.15) is 5.75 Å². The number of halogens is 3. The number of hydrogen-bond acceptors (Lipinski definition) is 3. The molecule has 0 radical (unpaired) electrons. The summed E-state index contributed by atoms with van der Waals surface area (Å²) in [6.45, 7) is 10.2. The third kappa shape index (κ3) is 5.68. The molecule has 0 unspecified atom stereocenters. The highest BCUT2D eigenvalue weighted by Gasteiger charge is 2.22. The Kier molecular flexibility index (Phi) is 9.34. The molecular weight excluding hydrogens is 331 g/mol. The molecule has 0 amide bonds. The van der Waals surface area contributed by atoms with Crippen LogP contribution in [0.25, 0.3) is 0 Å². The average molecular weight is 354 g/mol. The van der Waals surface area contributed by atoms with Crippen molar-refractivity contribution in [2.45, 2.75) is 19.4 Å². The highest BCUT2D eigenvalue weighted by atomic mass is 35.5. The predicted molar refractivity (Wildman–Crippen MR) is 94.2 cm³/mol. The summed E-state index contributed by atoms with van der Waals surface area (Å²) < 4.78 is 0. The van der Waals surface area contributed by atoms with Crippen molar-refractivity contribution in [3.8, 4) is 5.75 Å². The van der Waals surface area contributed by atoms with E-state index in [0.717, 1.165) is 43.7 Å². The maximum Gasteiger partial charge on any atom is 0.134 e. The van der Waals surface area contributed by atoms with Crippen molar-refractivity contribution in [3.63, 3.8) is 0 Å². The Morgan fingerprint density at radius 3 is 2.52 bits per heavy atom. The molecule has 1 heterocycles. The number of phenolic OH excluding ortho intramolecular Hbond substituents is 1. The molecule has 1 saturated heterocycles. The van der Waals surface area contributed by atoms with Gasteiger partial charge < -0.3 is 10.4 Å². The molecule has 6 heteroatoms. The van der Waals surface area contributed by atoms with Gasteiger partial charge in [-0.3, -0.25) is 4.90 Å². The molecule has 21 heavy (non-hydrogen) atoms. The van der Waals surface area contributed by atoms with Crippen molar-refractivity contribution in [2.24, 2.45) is 0 Å². The third-order valence-corrected chi connectivity index (χ3v) is 3.79. The van der Waals surface area contributed by atoms with E-state index in [1.807, 2.05) is 12.1 Å². The molecule has 0 aromatic heterocycles. The first-order valence-electron chi connectivity index (χ1n) is 6.65. The Morgan fingerprint density at radius 1 is 1.38 bits per heavy atom. The number of phenols is 1. The molecule has 2 N–H and O–H groups in total. The fourth-order valence-corrected chi connectivity index (χ4v) is 2.70. The molecule has 1 aliphatic rings. The first-order valence-corrected chi connectivity index (χ1v) is 7.03. The monoisotopic (exact) mass is 352 g/mol. The smallest absolute Gasteiger partial charge is 0.134 e. The molecule has 0 saturated carbocycles. The van der Waals surface area contributed by atoms with E-state index < -0.39 is 0 Å². The molecule has 3 nitrogen and oxygen atoms in total. The third-order valence-electron chi connectivity index (χ3n) is 3.49. The largest absolute Gasteiger partial charge is 0.506 e. The lowest BCUT2D eigenvalue weighted by Gasteiger charge is -2.35. The minimum absolute atomic E-state index is 0. The van der Waals surface area contributed by atoms with E-state index in [1.165, 1.54) is 0 Å². The lowest BCUT2D eigenvalue weighted by atomic mass is 9.98. The summed E-state index contributed by atoms with van der Waals surface area (Å²) >= 11 is 6.03. The second kappa shape index (κ2) is 9.54. The summed E-state index contributed by atoms with van der Waals surface area (Å²) in [7, 11) is 0. The molecule has 1 aromatic carbocycles. The van der Waals surface area contributed by atoms with Gasteiger partial charge in [-0.1, -0.05) is 23.2 Å². The van der Waals surface area contributed by atoms with Gasteiger partial charge in [0, 0.05) is 32.2 Å². The zero-order chi connectivity index (χ0) is 13.8. The van der Waals surface area contributed by atoms with Crippen molar-refractivity contribution in [2.75, 3.05) is 26.2 Å². The van der Waals surface area contributed by atoms with Crippen LogP contribution in [0.3, 0.4) is 0 Å². The number of nitrogens with zero attached hydrogens (tertiary/aromatic N) is 1. The topological polar surface area (TPSA) is 35.5 Å². The van der Waals surface area contributed by atoms with Crippen LogP contribution in [0.5, 0.6) is 5.75 Å². The van der Waals surface area contributed by atoms with E-state index in [2.05, 4.69) is 23.7 Å². The maximum atomic E-state index is 9.54. The highest BCUT2D eigenvalue weighted by molar-refractivity contribution is 6.32. The Morgan fingerprint density at radius 2 is 2.00 bits per heavy atom. The predicted octanol–water partition coefficient (Wildman–Crippen LogP) is 3.80. The fourth-order valence-electron chi connectivity index (χ4n) is 2.51. The standard InChI is InChI=1S/C15H21ClN2O.2ClH/c1-11(2)9-14(18-7-5-17-6-8-18)12-3-4-15(19)13(16)10-12;;/h3-4,10,14,17,19H,1,5-9H2,2H3;2*1H/t14-;;/m0../s1. The van der Waals surface area contributed by atoms with E-state index in [4.69, 9.17) is 11.6 Å². The van der Waals surface area contributed by atoms with Gasteiger partial charge in [-0.05, 0) is 31.0 Å². The second-order valence-corrected chi connectivity index (χ2v) is 5.58. The van der Waals surface area contributed by atoms with Crippen LogP contribution in [-0.2, 0) is 0 Å². The lowest BCUT2D eigenvalue weighted by molar-refractivity contribution is 0.172. The number of rotatable bonds is 4. The van der Waals surface area contributed by atoms with Crippen LogP contribution in [0.4, 0.5) is 0 Å². The number of nitrogens with one attached hydrogen (secondary N) is 1. The van der Waals surface area contributed by atoms with E-state index in [0.29, 0.717) is 5.02 Å². The van der Waals surface area contributed by atoms with Gasteiger partial charge in [-0.25, -0.2) is 0 Å². The normalized spacial score (nSPS) is 16.5. The summed E-state index contributed by atoms with van der Waals surface area (Å²) in [5.74, 6) is 0.139. The average Bonchev–Trinajstić information content (AvgIpc) is 2.40. The molecule has 1 atom stereocenters. The molecule has 0 bridgehead atoms. The first kappa shape index (κ1) is 20.6. The zero-order valence-corrected chi connectivity index (χ0v) is 14.5. The van der Waals surface area contributed by atoms with Crippen LogP contribution in [0.15, 0.2) is 30.4 Å². The quantitative estimate of drug-likeness (QED) is 0.808. The molecule has 1 aliphatic heterocycles. The fraction of sp³-hybridized carbons (Fsp3) is 0.467. The van der Waals surface area contributed by atoms with E-state index in [9.17, 15) is 5.11 Å². The van der Waals surface area contributed by atoms with Gasteiger partial charge in [0.2, 0.25) is 0 Å². The van der Waals surface area contributed by atoms with Gasteiger partial charge in [-0.15, -0.1) is 31.4 Å². The molecule has 1 aromatic rings. The van der Waals surface area contributed by atoms with E-state index in [1.54, 1.807) is 6.07 Å². The Labute approximate surface area is 144 Å². The van der Waals surface area contributed by atoms with Crippen molar-refractivity contribution in [3.05, 3.63) is 40.9 Å². The van der Waals surface area contributed by atoms with Gasteiger partial charge in [-0.2, -0.15) is 0 Å². The Balaban J connectivity index is 0.00000200. The van der Waals surface area contributed by atoms with Crippen LogP contribution in [0, 0.1) is 0 Å². The summed E-state index contributed by atoms with van der Waals surface area (Å²) in [6.07, 6.45) is 0.918. The molecular formula is C15H23Cl3N2O. The van der Waals surface area contributed by atoms with Crippen LogP contribution in [-0.4, -0.2) is 36.2 Å². The molecule has 0 spiro atoms. The van der Waals surface area contributed by atoms with Gasteiger partial charge in [0.25, 0.3) is 0 Å². The van der Waals surface area contributed by atoms with Crippen molar-refractivity contribution in [1.82, 2.24) is 10.2 Å². The van der Waals surface area contributed by atoms with Gasteiger partial charge >= 0.3 is 0 Å². The maximum absolute atomic E-state index is 9.54. The van der Waals surface area contributed by atoms with Crippen LogP contribution in [0.1, 0.15) is 24.9 Å². The summed E-state index contributed by atoms with van der Waals surface area (Å²) in [4.78, 5) is 2.45. The highest BCUT2D eigenvalue weighted by Crippen LogP contribution is 2.32. The van der Waals surface area contributed by atoms with E-state index in [-0.39, 0.29) is 36.6 Å². The van der Waals surface area contributed by atoms with Crippen LogP contribution < -0.4 is 5.32 Å². The number of piperazine rings is 1. The number of aromatic hydroxyl groups is 1. The van der Waals surface area contributed by atoms with Crippen LogP contribution in [0.2, 0.25) is 5.02 Å². The number of benzene rings is 1. The molecule has 120 valence electrons. The van der Waals surface area contributed by atoms with E-state index >= 15 is 0 Å². The Bertz CT molecular complexity index is 462. The molecule has 2 rings (SSSR count). The van der Waals surface area contributed by atoms with Crippen molar-refractivity contribution >= 4 is 36.4 Å². The van der Waals surface area contributed by atoms with Crippen LogP contribution >= 0.6 is 36.4 Å². The summed E-state index contributed by atoms with van der Waals surface area (Å²) in [5, 5.41) is 13.3. The molecule has 0 aliphatic carbocycles. The van der Waals surface area contributed by atoms with Crippen molar-refractivity contribution < 1.29 is 5.11 Å². The van der Waals surface area contributed by atoms with Gasteiger partial charge in [0.05, 0.1) is 5.02 Å². The lowest BCUT2D eigenvalue weighted by Crippen LogP contribution is -2.45.